The van der Waals surface area contributed by atoms with Crippen LogP contribution in [0.4, 0.5) is 0 Å². The number of amides is 1. The van der Waals surface area contributed by atoms with Crippen molar-refractivity contribution in [1.29, 1.82) is 0 Å². The third-order valence-electron chi connectivity index (χ3n) is 6.14. The summed E-state index contributed by atoms with van der Waals surface area (Å²) in [5, 5.41) is 0. The first kappa shape index (κ1) is 24.3. The van der Waals surface area contributed by atoms with Crippen LogP contribution in [0.2, 0.25) is 0 Å². The maximum Gasteiger partial charge on any atom is 0.254 e. The van der Waals surface area contributed by atoms with Crippen LogP contribution in [-0.2, 0) is 6.42 Å². The average Bonchev–Trinajstić information content (AvgIpc) is 2.91. The van der Waals surface area contributed by atoms with Crippen LogP contribution in [0.1, 0.15) is 34.5 Å². The number of carbonyl (C=O) groups excluding carboxylic acids is 1. The second-order valence-corrected chi connectivity index (χ2v) is 8.09. The number of ether oxygens (including phenoxy) is 5. The van der Waals surface area contributed by atoms with Crippen molar-refractivity contribution in [1.82, 2.24) is 4.90 Å². The largest absolute Gasteiger partial charge is 0.494 e. The fraction of sp³-hybridized carbons (Fsp3) is 0.321. The first-order valence-electron chi connectivity index (χ1n) is 11.6. The van der Waals surface area contributed by atoms with Gasteiger partial charge in [0.15, 0.2) is 23.0 Å². The van der Waals surface area contributed by atoms with Crippen molar-refractivity contribution in [3.63, 3.8) is 0 Å². The second-order valence-electron chi connectivity index (χ2n) is 8.09. The highest BCUT2D eigenvalue weighted by molar-refractivity contribution is 5.95. The number of nitrogens with zero attached hydrogens (tertiary/aromatic N) is 1. The van der Waals surface area contributed by atoms with Crippen molar-refractivity contribution in [3.05, 3.63) is 77.4 Å². The molecule has 3 aromatic carbocycles. The molecule has 7 heteroatoms. The summed E-state index contributed by atoms with van der Waals surface area (Å²) < 4.78 is 28.3. The number of rotatable bonds is 9. The van der Waals surface area contributed by atoms with E-state index >= 15 is 0 Å². The van der Waals surface area contributed by atoms with E-state index in [1.54, 1.807) is 33.5 Å². The summed E-state index contributed by atoms with van der Waals surface area (Å²) in [5.74, 6) is 3.21. The molecule has 0 radical (unpaired) electrons. The lowest BCUT2D eigenvalue weighted by Crippen LogP contribution is -2.42. The molecule has 1 heterocycles. The third-order valence-corrected chi connectivity index (χ3v) is 6.14. The molecule has 0 aromatic heterocycles. The van der Waals surface area contributed by atoms with Gasteiger partial charge in [-0.3, -0.25) is 4.79 Å². The average molecular weight is 478 g/mol. The Morgan fingerprint density at radius 3 is 2.17 bits per heavy atom. The summed E-state index contributed by atoms with van der Waals surface area (Å²) in [6.45, 7) is 3.31. The van der Waals surface area contributed by atoms with E-state index in [1.165, 1.54) is 0 Å². The van der Waals surface area contributed by atoms with E-state index in [-0.39, 0.29) is 18.6 Å². The van der Waals surface area contributed by atoms with Gasteiger partial charge in [0, 0.05) is 12.1 Å². The standard InChI is InChI=1S/C28H31NO6/c1-5-34-21-12-10-19(11-13-21)28(30)29-15-14-20-16-26(32-3)27(33-4)17-22(20)23(29)18-35-25-9-7-6-8-24(25)31-2/h6-13,16-17,23H,5,14-15,18H2,1-4H3/t23-/m0/s1. The molecule has 0 unspecified atom stereocenters. The Morgan fingerprint density at radius 2 is 1.51 bits per heavy atom. The van der Waals surface area contributed by atoms with Crippen LogP contribution in [0.25, 0.3) is 0 Å². The molecule has 184 valence electrons. The maximum atomic E-state index is 13.7. The summed E-state index contributed by atoms with van der Waals surface area (Å²) in [4.78, 5) is 15.5. The number of carbonyl (C=O) groups is 1. The zero-order chi connectivity index (χ0) is 24.8. The van der Waals surface area contributed by atoms with Crippen molar-refractivity contribution < 1.29 is 28.5 Å². The summed E-state index contributed by atoms with van der Waals surface area (Å²) in [7, 11) is 4.84. The second kappa shape index (κ2) is 11.0. The lowest BCUT2D eigenvalue weighted by atomic mass is 9.91. The van der Waals surface area contributed by atoms with Gasteiger partial charge in [-0.2, -0.15) is 0 Å². The fourth-order valence-electron chi connectivity index (χ4n) is 4.38. The highest BCUT2D eigenvalue weighted by Crippen LogP contribution is 2.39. The summed E-state index contributed by atoms with van der Waals surface area (Å²) in [5.41, 5.74) is 2.68. The summed E-state index contributed by atoms with van der Waals surface area (Å²) in [6, 6.07) is 18.3. The molecule has 0 saturated heterocycles. The molecule has 0 fully saturated rings. The molecule has 3 aromatic rings. The summed E-state index contributed by atoms with van der Waals surface area (Å²) >= 11 is 0. The van der Waals surface area contributed by atoms with Crippen LogP contribution in [0, 0.1) is 0 Å². The zero-order valence-corrected chi connectivity index (χ0v) is 20.6. The normalized spacial score (nSPS) is 14.6. The molecule has 1 amide bonds. The molecule has 1 atom stereocenters. The number of methoxy groups -OCH3 is 3. The van der Waals surface area contributed by atoms with Crippen molar-refractivity contribution >= 4 is 5.91 Å². The van der Waals surface area contributed by atoms with Crippen molar-refractivity contribution in [2.24, 2.45) is 0 Å². The van der Waals surface area contributed by atoms with Crippen molar-refractivity contribution in [3.8, 4) is 28.7 Å². The lowest BCUT2D eigenvalue weighted by molar-refractivity contribution is 0.0587. The van der Waals surface area contributed by atoms with Gasteiger partial charge in [-0.15, -0.1) is 0 Å². The molecule has 0 N–H and O–H groups in total. The monoisotopic (exact) mass is 477 g/mol. The maximum absolute atomic E-state index is 13.7. The molecule has 35 heavy (non-hydrogen) atoms. The SMILES string of the molecule is CCOc1ccc(C(=O)N2CCc3cc(OC)c(OC)cc3[C@@H]2COc2ccccc2OC)cc1. The molecule has 0 aliphatic carbocycles. The van der Waals surface area contributed by atoms with Crippen LogP contribution in [0.5, 0.6) is 28.7 Å². The van der Waals surface area contributed by atoms with Gasteiger partial charge < -0.3 is 28.6 Å². The zero-order valence-electron chi connectivity index (χ0n) is 20.6. The molecule has 4 rings (SSSR count). The Kier molecular flexibility index (Phi) is 7.65. The lowest BCUT2D eigenvalue weighted by Gasteiger charge is -2.37. The van der Waals surface area contributed by atoms with E-state index in [4.69, 9.17) is 23.7 Å². The molecule has 1 aliphatic rings. The predicted octanol–water partition coefficient (Wildman–Crippen LogP) is 4.93. The van der Waals surface area contributed by atoms with Crippen LogP contribution in [0.15, 0.2) is 60.7 Å². The Balaban J connectivity index is 1.69. The van der Waals surface area contributed by atoms with Crippen LogP contribution < -0.4 is 23.7 Å². The van der Waals surface area contributed by atoms with Crippen LogP contribution in [0.3, 0.4) is 0 Å². The highest BCUT2D eigenvalue weighted by Gasteiger charge is 2.33. The highest BCUT2D eigenvalue weighted by atomic mass is 16.5. The quantitative estimate of drug-likeness (QED) is 0.435. The number of fused-ring (bicyclic) bond motifs is 1. The van der Waals surface area contributed by atoms with E-state index in [0.29, 0.717) is 48.1 Å². The van der Waals surface area contributed by atoms with Crippen LogP contribution >= 0.6 is 0 Å². The smallest absolute Gasteiger partial charge is 0.254 e. The predicted molar refractivity (Wildman–Crippen MR) is 133 cm³/mol. The first-order chi connectivity index (χ1) is 17.1. The molecule has 7 nitrogen and oxygen atoms in total. The molecule has 0 saturated carbocycles. The number of para-hydroxylation sites is 2. The first-order valence-corrected chi connectivity index (χ1v) is 11.6. The molecular formula is C28H31NO6. The van der Waals surface area contributed by atoms with Crippen LogP contribution in [-0.4, -0.2) is 51.9 Å². The minimum Gasteiger partial charge on any atom is -0.494 e. The Labute approximate surface area is 206 Å². The van der Waals surface area contributed by atoms with Gasteiger partial charge in [0.05, 0.1) is 34.0 Å². The number of hydrogen-bond acceptors (Lipinski definition) is 6. The number of hydrogen-bond donors (Lipinski definition) is 0. The van der Waals surface area contributed by atoms with E-state index in [1.807, 2.05) is 60.4 Å². The minimum atomic E-state index is -0.331. The van der Waals surface area contributed by atoms with Gasteiger partial charge in [-0.25, -0.2) is 0 Å². The topological polar surface area (TPSA) is 66.5 Å². The molecule has 1 aliphatic heterocycles. The van der Waals surface area contributed by atoms with Gasteiger partial charge in [0.1, 0.15) is 12.4 Å². The van der Waals surface area contributed by atoms with E-state index < -0.39 is 0 Å². The minimum absolute atomic E-state index is 0.0675. The van der Waals surface area contributed by atoms with Gasteiger partial charge in [-0.1, -0.05) is 12.1 Å². The van der Waals surface area contributed by atoms with E-state index in [0.717, 1.165) is 16.9 Å². The van der Waals surface area contributed by atoms with Gasteiger partial charge in [0.2, 0.25) is 0 Å². The molecule has 0 bridgehead atoms. The van der Waals surface area contributed by atoms with Gasteiger partial charge in [-0.05, 0) is 73.0 Å². The molecular weight excluding hydrogens is 446 g/mol. The fourth-order valence-corrected chi connectivity index (χ4v) is 4.38. The third kappa shape index (κ3) is 5.14. The van der Waals surface area contributed by atoms with E-state index in [2.05, 4.69) is 0 Å². The van der Waals surface area contributed by atoms with Crippen molar-refractivity contribution in [2.45, 2.75) is 19.4 Å². The Hall–Kier alpha value is -3.87. The van der Waals surface area contributed by atoms with E-state index in [9.17, 15) is 4.79 Å². The Bertz CT molecular complexity index is 1160. The van der Waals surface area contributed by atoms with Crippen molar-refractivity contribution in [2.75, 3.05) is 41.1 Å². The van der Waals surface area contributed by atoms with Gasteiger partial charge >= 0.3 is 0 Å². The number of benzene rings is 3. The Morgan fingerprint density at radius 1 is 0.857 bits per heavy atom. The molecule has 0 spiro atoms. The summed E-state index contributed by atoms with van der Waals surface area (Å²) in [6.07, 6.45) is 0.698. The van der Waals surface area contributed by atoms with Gasteiger partial charge in [0.25, 0.3) is 5.91 Å².